The largest absolute Gasteiger partial charge is 0.465 e. The van der Waals surface area contributed by atoms with Crippen molar-refractivity contribution in [2.45, 2.75) is 265 Å². The normalized spacial score (nSPS) is 12.0. The van der Waals surface area contributed by atoms with Crippen molar-refractivity contribution in [3.63, 3.8) is 0 Å². The third-order valence-electron chi connectivity index (χ3n) is 10.7. The lowest BCUT2D eigenvalue weighted by molar-refractivity contribution is -0.155. The zero-order valence-corrected chi connectivity index (χ0v) is 34.3. The van der Waals surface area contributed by atoms with Gasteiger partial charge in [-0.05, 0) is 19.3 Å². The quantitative estimate of drug-likeness (QED) is 0.0275. The number of esters is 1. The molecular formula is C46H88O4. The molecule has 296 valence electrons. The summed E-state index contributed by atoms with van der Waals surface area (Å²) in [6.07, 6.45) is 45.6. The Morgan fingerprint density at radius 2 is 0.640 bits per heavy atom. The van der Waals surface area contributed by atoms with Crippen LogP contribution in [-0.4, -0.2) is 24.1 Å². The molecule has 0 aliphatic carbocycles. The molecule has 1 atom stereocenters. The van der Waals surface area contributed by atoms with Crippen molar-refractivity contribution in [3.05, 3.63) is 0 Å². The maximum Gasteiger partial charge on any atom is 0.316 e. The summed E-state index contributed by atoms with van der Waals surface area (Å²) in [4.78, 5) is 39.2. The molecule has 1 unspecified atom stereocenters. The first kappa shape index (κ1) is 48.8. The van der Waals surface area contributed by atoms with Gasteiger partial charge in [0.1, 0.15) is 5.92 Å². The Labute approximate surface area is 313 Å². The summed E-state index contributed by atoms with van der Waals surface area (Å²) >= 11 is 0. The fraction of sp³-hybridized carbons (Fsp3) is 0.935. The molecule has 0 aliphatic rings. The molecule has 0 N–H and O–H groups in total. The Kier molecular flexibility index (Phi) is 39.6. The maximum atomic E-state index is 13.2. The number of unbranched alkanes of at least 4 members (excludes halogenated alkanes) is 33. The molecule has 0 bridgehead atoms. The van der Waals surface area contributed by atoms with Crippen LogP contribution in [0.25, 0.3) is 0 Å². The molecule has 0 fully saturated rings. The highest BCUT2D eigenvalue weighted by atomic mass is 16.5. The number of carbonyl (C=O) groups excluding carboxylic acids is 3. The van der Waals surface area contributed by atoms with Crippen molar-refractivity contribution in [1.29, 1.82) is 0 Å². The van der Waals surface area contributed by atoms with Crippen molar-refractivity contribution in [3.8, 4) is 0 Å². The molecule has 0 radical (unpaired) electrons. The minimum atomic E-state index is -0.902. The summed E-state index contributed by atoms with van der Waals surface area (Å²) in [7, 11) is 0. The molecular weight excluding hydrogens is 617 g/mol. The molecule has 4 nitrogen and oxygen atoms in total. The van der Waals surface area contributed by atoms with E-state index in [-0.39, 0.29) is 12.2 Å². The van der Waals surface area contributed by atoms with Gasteiger partial charge in [-0.25, -0.2) is 0 Å². The minimum Gasteiger partial charge on any atom is -0.465 e. The maximum absolute atomic E-state index is 13.2. The van der Waals surface area contributed by atoms with E-state index in [1.54, 1.807) is 0 Å². The molecule has 0 saturated heterocycles. The van der Waals surface area contributed by atoms with Gasteiger partial charge in [-0.3, -0.25) is 14.4 Å². The van der Waals surface area contributed by atoms with Gasteiger partial charge >= 0.3 is 5.97 Å². The van der Waals surface area contributed by atoms with E-state index in [0.29, 0.717) is 13.0 Å². The number of hydrogen-bond acceptors (Lipinski definition) is 4. The van der Waals surface area contributed by atoms with Crippen LogP contribution in [0, 0.1) is 5.92 Å². The van der Waals surface area contributed by atoms with Crippen molar-refractivity contribution in [1.82, 2.24) is 0 Å². The Balaban J connectivity index is 4.32. The van der Waals surface area contributed by atoms with Gasteiger partial charge in [-0.15, -0.1) is 0 Å². The van der Waals surface area contributed by atoms with Gasteiger partial charge in [-0.2, -0.15) is 0 Å². The van der Waals surface area contributed by atoms with Crippen LogP contribution in [0.1, 0.15) is 265 Å². The highest BCUT2D eigenvalue weighted by molar-refractivity contribution is 6.41. The fourth-order valence-electron chi connectivity index (χ4n) is 7.21. The van der Waals surface area contributed by atoms with Crippen LogP contribution in [0.15, 0.2) is 0 Å². The third-order valence-corrected chi connectivity index (χ3v) is 10.7. The molecule has 0 saturated carbocycles. The second-order valence-electron chi connectivity index (χ2n) is 15.7. The first-order chi connectivity index (χ1) is 24.6. The average molecular weight is 705 g/mol. The van der Waals surface area contributed by atoms with E-state index >= 15 is 0 Å². The molecule has 0 aromatic heterocycles. The first-order valence-corrected chi connectivity index (χ1v) is 22.8. The Hall–Kier alpha value is -1.19. The molecule has 0 aliphatic heterocycles. The summed E-state index contributed by atoms with van der Waals surface area (Å²) in [6, 6.07) is 0. The zero-order valence-electron chi connectivity index (χ0n) is 34.3. The standard InChI is InChI=1S/C46H88O4/c1-4-7-10-13-16-19-21-23-25-27-29-31-34-37-40-43(46(49)50-42-39-36-33-18-15-12-9-6-3)45(48)44(47)41-38-35-32-30-28-26-24-22-20-17-14-11-8-5-2/h43H,4-42H2,1-3H3. The van der Waals surface area contributed by atoms with E-state index in [9.17, 15) is 14.4 Å². The number of hydrogen-bond donors (Lipinski definition) is 0. The van der Waals surface area contributed by atoms with Crippen molar-refractivity contribution in [2.24, 2.45) is 5.92 Å². The van der Waals surface area contributed by atoms with E-state index in [2.05, 4.69) is 20.8 Å². The average Bonchev–Trinajstić information content (AvgIpc) is 3.12. The fourth-order valence-corrected chi connectivity index (χ4v) is 7.21. The van der Waals surface area contributed by atoms with Crippen LogP contribution in [0.3, 0.4) is 0 Å². The second-order valence-corrected chi connectivity index (χ2v) is 15.7. The summed E-state index contributed by atoms with van der Waals surface area (Å²) < 4.78 is 5.61. The van der Waals surface area contributed by atoms with Gasteiger partial charge in [0, 0.05) is 6.42 Å². The van der Waals surface area contributed by atoms with E-state index in [0.717, 1.165) is 51.4 Å². The molecule has 0 aromatic carbocycles. The van der Waals surface area contributed by atoms with Crippen molar-refractivity contribution >= 4 is 17.5 Å². The summed E-state index contributed by atoms with van der Waals surface area (Å²) in [5, 5.41) is 0. The Morgan fingerprint density at radius 1 is 0.360 bits per heavy atom. The van der Waals surface area contributed by atoms with E-state index < -0.39 is 17.7 Å². The van der Waals surface area contributed by atoms with Crippen LogP contribution in [0.2, 0.25) is 0 Å². The van der Waals surface area contributed by atoms with Gasteiger partial charge < -0.3 is 4.74 Å². The lowest BCUT2D eigenvalue weighted by Gasteiger charge is -2.15. The Bertz CT molecular complexity index is 732. The monoisotopic (exact) mass is 705 g/mol. The summed E-state index contributed by atoms with van der Waals surface area (Å²) in [6.45, 7) is 7.14. The number of rotatable bonds is 42. The van der Waals surface area contributed by atoms with Crippen LogP contribution in [-0.2, 0) is 19.1 Å². The van der Waals surface area contributed by atoms with Crippen LogP contribution < -0.4 is 0 Å². The van der Waals surface area contributed by atoms with Crippen LogP contribution in [0.5, 0.6) is 0 Å². The minimum absolute atomic E-state index is 0.275. The van der Waals surface area contributed by atoms with Crippen LogP contribution >= 0.6 is 0 Å². The molecule has 4 heteroatoms. The Morgan fingerprint density at radius 3 is 0.980 bits per heavy atom. The van der Waals surface area contributed by atoms with Gasteiger partial charge in [0.2, 0.25) is 5.78 Å². The topological polar surface area (TPSA) is 60.4 Å². The van der Waals surface area contributed by atoms with E-state index in [4.69, 9.17) is 4.74 Å². The van der Waals surface area contributed by atoms with E-state index in [1.807, 2.05) is 0 Å². The number of carbonyl (C=O) groups is 3. The molecule has 0 rings (SSSR count). The smallest absolute Gasteiger partial charge is 0.316 e. The van der Waals surface area contributed by atoms with Gasteiger partial charge in [0.15, 0.2) is 5.78 Å². The zero-order chi connectivity index (χ0) is 36.6. The van der Waals surface area contributed by atoms with Crippen molar-refractivity contribution in [2.75, 3.05) is 6.61 Å². The highest BCUT2D eigenvalue weighted by Crippen LogP contribution is 2.19. The van der Waals surface area contributed by atoms with Gasteiger partial charge in [0.25, 0.3) is 0 Å². The van der Waals surface area contributed by atoms with Gasteiger partial charge in [-0.1, -0.05) is 239 Å². The number of ether oxygens (including phenoxy) is 1. The molecule has 0 aromatic rings. The predicted octanol–water partition coefficient (Wildman–Crippen LogP) is 15.2. The number of ketones is 2. The molecule has 0 heterocycles. The second kappa shape index (κ2) is 40.6. The van der Waals surface area contributed by atoms with E-state index in [1.165, 1.54) is 180 Å². The highest BCUT2D eigenvalue weighted by Gasteiger charge is 2.31. The number of Topliss-reactive ketones (excluding diaryl/α,β-unsaturated/α-hetero) is 2. The first-order valence-electron chi connectivity index (χ1n) is 22.8. The van der Waals surface area contributed by atoms with Crippen LogP contribution in [0.4, 0.5) is 0 Å². The lowest BCUT2D eigenvalue weighted by Crippen LogP contribution is -2.32. The third kappa shape index (κ3) is 33.9. The lowest BCUT2D eigenvalue weighted by atomic mass is 9.92. The molecule has 0 amide bonds. The SMILES string of the molecule is CCCCCCCCCCCCCCCCC(=O)C(=O)C(CCCCCCCCCCCCCCCC)C(=O)OCCCCCCCCCC. The molecule has 50 heavy (non-hydrogen) atoms. The molecule has 0 spiro atoms. The predicted molar refractivity (Wildman–Crippen MR) is 217 cm³/mol. The van der Waals surface area contributed by atoms with Crippen molar-refractivity contribution < 1.29 is 19.1 Å². The summed E-state index contributed by atoms with van der Waals surface area (Å²) in [5.41, 5.74) is 0. The summed E-state index contributed by atoms with van der Waals surface area (Å²) in [5.74, 6) is -2.21. The van der Waals surface area contributed by atoms with Gasteiger partial charge in [0.05, 0.1) is 6.61 Å².